The molecule has 1 amide bonds. The summed E-state index contributed by atoms with van der Waals surface area (Å²) in [6, 6.07) is 13.1. The smallest absolute Gasteiger partial charge is 0.387 e. The van der Waals surface area contributed by atoms with Gasteiger partial charge in [0.15, 0.2) is 6.10 Å². The number of hydrogen-bond acceptors (Lipinski definition) is 4. The summed E-state index contributed by atoms with van der Waals surface area (Å²) in [6.45, 7) is 0.262. The molecule has 26 heavy (non-hydrogen) atoms. The molecule has 138 valence electrons. The van der Waals surface area contributed by atoms with Crippen LogP contribution in [0.3, 0.4) is 0 Å². The third-order valence-corrected chi connectivity index (χ3v) is 3.63. The molecule has 0 saturated carbocycles. The summed E-state index contributed by atoms with van der Waals surface area (Å²) in [5.74, 6) is -1.37. The Balaban J connectivity index is 1.95. The average Bonchev–Trinajstić information content (AvgIpc) is 2.58. The molecule has 0 radical (unpaired) electrons. The van der Waals surface area contributed by atoms with Crippen molar-refractivity contribution < 1.29 is 27.8 Å². The first-order valence-corrected chi connectivity index (χ1v) is 7.95. The minimum Gasteiger partial charge on any atom is -0.452 e. The van der Waals surface area contributed by atoms with Gasteiger partial charge in [-0.1, -0.05) is 36.4 Å². The molecular formula is C19H19F2NO4. The minimum atomic E-state index is -3.02. The third kappa shape index (κ3) is 5.54. The molecule has 0 aliphatic carbocycles. The van der Waals surface area contributed by atoms with Gasteiger partial charge in [0.25, 0.3) is 5.91 Å². The van der Waals surface area contributed by atoms with Gasteiger partial charge in [-0.2, -0.15) is 8.78 Å². The Hall–Kier alpha value is -2.96. The summed E-state index contributed by atoms with van der Waals surface area (Å²) < 4.78 is 34.3. The van der Waals surface area contributed by atoms with Gasteiger partial charge < -0.3 is 14.8 Å². The van der Waals surface area contributed by atoms with Gasteiger partial charge in [-0.3, -0.25) is 9.59 Å². The van der Waals surface area contributed by atoms with E-state index in [1.54, 1.807) is 12.1 Å². The van der Waals surface area contributed by atoms with Crippen molar-refractivity contribution in [3.8, 4) is 5.75 Å². The first-order valence-electron chi connectivity index (χ1n) is 7.95. The third-order valence-electron chi connectivity index (χ3n) is 3.63. The second kappa shape index (κ2) is 8.94. The Morgan fingerprint density at radius 1 is 1.08 bits per heavy atom. The van der Waals surface area contributed by atoms with Crippen molar-refractivity contribution in [3.05, 3.63) is 59.7 Å². The van der Waals surface area contributed by atoms with Gasteiger partial charge in [0.1, 0.15) is 5.75 Å². The molecule has 0 unspecified atom stereocenters. The van der Waals surface area contributed by atoms with Gasteiger partial charge in [0.05, 0.1) is 12.1 Å². The zero-order chi connectivity index (χ0) is 19.1. The van der Waals surface area contributed by atoms with Crippen LogP contribution < -0.4 is 10.1 Å². The predicted octanol–water partition coefficient (Wildman–Crippen LogP) is 3.71. The lowest BCUT2D eigenvalue weighted by Crippen LogP contribution is -2.30. The molecule has 5 nitrogen and oxygen atoms in total. The van der Waals surface area contributed by atoms with Crippen molar-refractivity contribution in [3.63, 3.8) is 0 Å². The van der Waals surface area contributed by atoms with E-state index in [4.69, 9.17) is 4.74 Å². The standard InChI is InChI=1S/C19H19F2NO4/c1-12-7-3-4-8-14(12)11-17(23)25-13(2)18(24)22-15-9-5-6-10-16(15)26-19(20)21/h3-10,13,19H,11H2,1-2H3,(H,22,24)/t13-/m1/s1. The van der Waals surface area contributed by atoms with Gasteiger partial charge in [-0.05, 0) is 37.1 Å². The Kier molecular flexibility index (Phi) is 6.66. The lowest BCUT2D eigenvalue weighted by atomic mass is 10.1. The van der Waals surface area contributed by atoms with Crippen LogP contribution >= 0.6 is 0 Å². The molecule has 0 aliphatic rings. The fourth-order valence-corrected chi connectivity index (χ4v) is 2.26. The molecule has 2 aromatic carbocycles. The number of esters is 1. The number of hydrogen-bond donors (Lipinski definition) is 1. The number of amides is 1. The molecule has 0 heterocycles. The van der Waals surface area contributed by atoms with Crippen LogP contribution in [0, 0.1) is 6.92 Å². The van der Waals surface area contributed by atoms with E-state index in [2.05, 4.69) is 10.1 Å². The minimum absolute atomic E-state index is 0.0371. The number of anilines is 1. The van der Waals surface area contributed by atoms with Gasteiger partial charge in [0.2, 0.25) is 0 Å². The van der Waals surface area contributed by atoms with Crippen molar-refractivity contribution in [1.29, 1.82) is 0 Å². The van der Waals surface area contributed by atoms with E-state index >= 15 is 0 Å². The largest absolute Gasteiger partial charge is 0.452 e. The summed E-state index contributed by atoms with van der Waals surface area (Å²) in [7, 11) is 0. The van der Waals surface area contributed by atoms with Crippen LogP contribution in [0.15, 0.2) is 48.5 Å². The molecule has 7 heteroatoms. The van der Waals surface area contributed by atoms with Crippen LogP contribution in [0.2, 0.25) is 0 Å². The highest BCUT2D eigenvalue weighted by atomic mass is 19.3. The predicted molar refractivity (Wildman–Crippen MR) is 92.1 cm³/mol. The van der Waals surface area contributed by atoms with Crippen LogP contribution in [0.4, 0.5) is 14.5 Å². The number of nitrogens with one attached hydrogen (secondary N) is 1. The van der Waals surface area contributed by atoms with Gasteiger partial charge in [-0.25, -0.2) is 0 Å². The highest BCUT2D eigenvalue weighted by Gasteiger charge is 2.20. The zero-order valence-electron chi connectivity index (χ0n) is 14.4. The first kappa shape index (κ1) is 19.4. The van der Waals surface area contributed by atoms with Crippen LogP contribution in [0.25, 0.3) is 0 Å². The summed E-state index contributed by atoms with van der Waals surface area (Å²) >= 11 is 0. The number of rotatable bonds is 7. The van der Waals surface area contributed by atoms with Crippen LogP contribution in [0.1, 0.15) is 18.1 Å². The quantitative estimate of drug-likeness (QED) is 0.762. The van der Waals surface area contributed by atoms with E-state index in [9.17, 15) is 18.4 Å². The van der Waals surface area contributed by atoms with Crippen molar-refractivity contribution in [2.75, 3.05) is 5.32 Å². The Morgan fingerprint density at radius 3 is 2.42 bits per heavy atom. The molecule has 1 N–H and O–H groups in total. The van der Waals surface area contributed by atoms with Crippen LogP contribution in [-0.4, -0.2) is 24.6 Å². The second-order valence-electron chi connectivity index (χ2n) is 5.60. The highest BCUT2D eigenvalue weighted by Crippen LogP contribution is 2.25. The number of carbonyl (C=O) groups is 2. The van der Waals surface area contributed by atoms with E-state index in [1.807, 2.05) is 25.1 Å². The van der Waals surface area contributed by atoms with Crippen molar-refractivity contribution in [1.82, 2.24) is 0 Å². The van der Waals surface area contributed by atoms with Crippen LogP contribution in [0.5, 0.6) is 5.75 Å². The molecule has 1 atom stereocenters. The lowest BCUT2D eigenvalue weighted by Gasteiger charge is -2.16. The van der Waals surface area contributed by atoms with Crippen molar-refractivity contribution >= 4 is 17.6 Å². The number of alkyl halides is 2. The maximum Gasteiger partial charge on any atom is 0.387 e. The van der Waals surface area contributed by atoms with E-state index in [-0.39, 0.29) is 17.9 Å². The topological polar surface area (TPSA) is 64.6 Å². The van der Waals surface area contributed by atoms with E-state index < -0.39 is 24.6 Å². The number of ether oxygens (including phenoxy) is 2. The Morgan fingerprint density at radius 2 is 1.73 bits per heavy atom. The number of para-hydroxylation sites is 2. The first-order chi connectivity index (χ1) is 12.4. The maximum atomic E-state index is 12.4. The summed E-state index contributed by atoms with van der Waals surface area (Å²) in [4.78, 5) is 24.2. The normalized spacial score (nSPS) is 11.7. The molecule has 2 rings (SSSR count). The lowest BCUT2D eigenvalue weighted by molar-refractivity contribution is -0.152. The fourth-order valence-electron chi connectivity index (χ4n) is 2.26. The highest BCUT2D eigenvalue weighted by molar-refractivity contribution is 5.96. The fraction of sp³-hybridized carbons (Fsp3) is 0.263. The summed E-state index contributed by atoms with van der Waals surface area (Å²) in [5, 5.41) is 2.42. The number of carbonyl (C=O) groups excluding carboxylic acids is 2. The van der Waals surface area contributed by atoms with Gasteiger partial charge >= 0.3 is 12.6 Å². The SMILES string of the molecule is Cc1ccccc1CC(=O)O[C@H](C)C(=O)Nc1ccccc1OC(F)F. The van der Waals surface area contributed by atoms with E-state index in [0.29, 0.717) is 0 Å². The molecule has 0 spiro atoms. The average molecular weight is 363 g/mol. The summed E-state index contributed by atoms with van der Waals surface area (Å²) in [6.07, 6.45) is -1.05. The monoisotopic (exact) mass is 363 g/mol. The molecule has 0 fully saturated rings. The Labute approximate surface area is 149 Å². The molecule has 0 saturated heterocycles. The molecule has 0 aromatic heterocycles. The van der Waals surface area contributed by atoms with Gasteiger partial charge in [0, 0.05) is 0 Å². The van der Waals surface area contributed by atoms with Crippen LogP contribution in [-0.2, 0) is 20.7 Å². The molecule has 0 bridgehead atoms. The van der Waals surface area contributed by atoms with Gasteiger partial charge in [-0.15, -0.1) is 0 Å². The molecular weight excluding hydrogens is 344 g/mol. The molecule has 0 aliphatic heterocycles. The number of benzene rings is 2. The zero-order valence-corrected chi connectivity index (χ0v) is 14.4. The second-order valence-corrected chi connectivity index (χ2v) is 5.60. The number of aryl methyl sites for hydroxylation is 1. The van der Waals surface area contributed by atoms with Crippen molar-refractivity contribution in [2.45, 2.75) is 33.0 Å². The maximum absolute atomic E-state index is 12.4. The van der Waals surface area contributed by atoms with Crippen molar-refractivity contribution in [2.24, 2.45) is 0 Å². The molecule has 2 aromatic rings. The number of halogens is 2. The van der Waals surface area contributed by atoms with E-state index in [1.165, 1.54) is 25.1 Å². The Bertz CT molecular complexity index is 780. The summed E-state index contributed by atoms with van der Waals surface area (Å²) in [5.41, 5.74) is 1.82. The van der Waals surface area contributed by atoms with E-state index in [0.717, 1.165) is 11.1 Å².